The van der Waals surface area contributed by atoms with E-state index in [-0.39, 0.29) is 0 Å². The van der Waals surface area contributed by atoms with Crippen LogP contribution in [0.15, 0.2) is 48.5 Å². The normalized spacial score (nSPS) is 10.6. The fourth-order valence-corrected chi connectivity index (χ4v) is 2.57. The van der Waals surface area contributed by atoms with Crippen molar-refractivity contribution in [1.82, 2.24) is 0 Å². The van der Waals surface area contributed by atoms with E-state index < -0.39 is 0 Å². The van der Waals surface area contributed by atoms with Gasteiger partial charge < -0.3 is 0 Å². The summed E-state index contributed by atoms with van der Waals surface area (Å²) in [6, 6.07) is 17.5. The van der Waals surface area contributed by atoms with Crippen LogP contribution in [0.2, 0.25) is 0 Å². The molecule has 0 heteroatoms. The van der Waals surface area contributed by atoms with E-state index >= 15 is 0 Å². The lowest BCUT2D eigenvalue weighted by atomic mass is 9.91. The van der Waals surface area contributed by atoms with Crippen molar-refractivity contribution in [3.8, 4) is 11.1 Å². The van der Waals surface area contributed by atoms with Crippen molar-refractivity contribution in [3.63, 3.8) is 0 Å². The van der Waals surface area contributed by atoms with Gasteiger partial charge in [0.2, 0.25) is 0 Å². The lowest BCUT2D eigenvalue weighted by Gasteiger charge is -2.14. The third-order valence-corrected chi connectivity index (χ3v) is 3.38. The quantitative estimate of drug-likeness (QED) is 0.666. The molecule has 94 valence electrons. The molecule has 0 saturated heterocycles. The van der Waals surface area contributed by atoms with Gasteiger partial charge in [-0.05, 0) is 35.1 Å². The molecule has 2 aromatic carbocycles. The minimum absolute atomic E-state index is 1.18. The molecule has 0 saturated carbocycles. The molecule has 0 atom stereocenters. The van der Waals surface area contributed by atoms with Crippen LogP contribution in [0.1, 0.15) is 37.8 Å². The summed E-state index contributed by atoms with van der Waals surface area (Å²) in [4.78, 5) is 0. The highest BCUT2D eigenvalue weighted by molar-refractivity contribution is 5.68. The van der Waals surface area contributed by atoms with Crippen LogP contribution in [0.25, 0.3) is 11.1 Å². The van der Waals surface area contributed by atoms with Gasteiger partial charge in [-0.1, -0.05) is 75.2 Å². The van der Waals surface area contributed by atoms with Crippen molar-refractivity contribution in [2.24, 2.45) is 0 Å². The van der Waals surface area contributed by atoms with E-state index in [9.17, 15) is 0 Å². The molecule has 0 radical (unpaired) electrons. The van der Waals surface area contributed by atoms with Gasteiger partial charge in [-0.15, -0.1) is 0 Å². The number of hydrogen-bond donors (Lipinski definition) is 0. The van der Waals surface area contributed by atoms with Gasteiger partial charge in [0.05, 0.1) is 0 Å². The number of rotatable bonds is 5. The van der Waals surface area contributed by atoms with Crippen LogP contribution < -0.4 is 0 Å². The molecule has 2 aromatic rings. The largest absolute Gasteiger partial charge is 0.0651 e. The van der Waals surface area contributed by atoms with Gasteiger partial charge >= 0.3 is 0 Å². The highest BCUT2D eigenvalue weighted by Gasteiger charge is 2.08. The fraction of sp³-hybridized carbons (Fsp3) is 0.333. The van der Waals surface area contributed by atoms with Crippen molar-refractivity contribution >= 4 is 0 Å². The molecule has 0 spiro atoms. The van der Waals surface area contributed by atoms with Crippen LogP contribution in [0.5, 0.6) is 0 Å². The Kier molecular flexibility index (Phi) is 4.58. The molecule has 0 amide bonds. The molecule has 18 heavy (non-hydrogen) atoms. The van der Waals surface area contributed by atoms with Gasteiger partial charge in [-0.3, -0.25) is 0 Å². The van der Waals surface area contributed by atoms with Crippen LogP contribution in [0.4, 0.5) is 0 Å². The number of benzene rings is 2. The monoisotopic (exact) mass is 238 g/mol. The van der Waals surface area contributed by atoms with E-state index in [1.807, 2.05) is 0 Å². The average Bonchev–Trinajstić information content (AvgIpc) is 2.42. The molecule has 0 aromatic heterocycles. The highest BCUT2D eigenvalue weighted by atomic mass is 14.1. The van der Waals surface area contributed by atoms with Crippen LogP contribution >= 0.6 is 0 Å². The Morgan fingerprint density at radius 3 is 2.11 bits per heavy atom. The molecule has 0 nitrogen and oxygen atoms in total. The topological polar surface area (TPSA) is 0 Å². The van der Waals surface area contributed by atoms with Gasteiger partial charge in [-0.25, -0.2) is 0 Å². The predicted molar refractivity (Wildman–Crippen MR) is 79.9 cm³/mol. The van der Waals surface area contributed by atoms with Crippen molar-refractivity contribution in [1.29, 1.82) is 0 Å². The summed E-state index contributed by atoms with van der Waals surface area (Å²) in [5.41, 5.74) is 5.84. The molecule has 0 heterocycles. The summed E-state index contributed by atoms with van der Waals surface area (Å²) < 4.78 is 0. The maximum Gasteiger partial charge on any atom is -0.0149 e. The van der Waals surface area contributed by atoms with Crippen LogP contribution in [-0.4, -0.2) is 0 Å². The van der Waals surface area contributed by atoms with E-state index in [0.717, 1.165) is 0 Å². The predicted octanol–water partition coefficient (Wildman–Crippen LogP) is 5.26. The SMILES string of the molecule is CCCc1cccc(-c2ccccc2)c1CCC. The lowest BCUT2D eigenvalue weighted by Crippen LogP contribution is -1.97. The van der Waals surface area contributed by atoms with Crippen molar-refractivity contribution < 1.29 is 0 Å². The van der Waals surface area contributed by atoms with Crippen LogP contribution in [-0.2, 0) is 12.8 Å². The molecule has 0 aliphatic heterocycles. The first-order valence-corrected chi connectivity index (χ1v) is 7.03. The Morgan fingerprint density at radius 2 is 1.44 bits per heavy atom. The second kappa shape index (κ2) is 6.39. The zero-order valence-electron chi connectivity index (χ0n) is 11.4. The maximum absolute atomic E-state index is 2.29. The first-order valence-electron chi connectivity index (χ1n) is 7.03. The smallest absolute Gasteiger partial charge is 0.0149 e. The zero-order valence-corrected chi connectivity index (χ0v) is 11.4. The summed E-state index contributed by atoms with van der Waals surface area (Å²) in [6.07, 6.45) is 4.80. The van der Waals surface area contributed by atoms with Crippen molar-refractivity contribution in [2.45, 2.75) is 39.5 Å². The zero-order chi connectivity index (χ0) is 12.8. The lowest BCUT2D eigenvalue weighted by molar-refractivity contribution is 0.863. The second-order valence-corrected chi connectivity index (χ2v) is 4.81. The Morgan fingerprint density at radius 1 is 0.722 bits per heavy atom. The molecule has 0 aliphatic carbocycles. The molecule has 0 unspecified atom stereocenters. The number of hydrogen-bond acceptors (Lipinski definition) is 0. The van der Waals surface area contributed by atoms with Crippen molar-refractivity contribution in [3.05, 3.63) is 59.7 Å². The Bertz CT molecular complexity index is 483. The third-order valence-electron chi connectivity index (χ3n) is 3.38. The van der Waals surface area contributed by atoms with E-state index in [4.69, 9.17) is 0 Å². The van der Waals surface area contributed by atoms with Crippen molar-refractivity contribution in [2.75, 3.05) is 0 Å². The van der Waals surface area contributed by atoms with E-state index in [2.05, 4.69) is 62.4 Å². The van der Waals surface area contributed by atoms with Gasteiger partial charge in [-0.2, -0.15) is 0 Å². The van der Waals surface area contributed by atoms with Crippen LogP contribution in [0, 0.1) is 0 Å². The third kappa shape index (κ3) is 2.81. The highest BCUT2D eigenvalue weighted by Crippen LogP contribution is 2.28. The molecule has 0 N–H and O–H groups in total. The first-order chi connectivity index (χ1) is 8.86. The molecule has 0 fully saturated rings. The summed E-state index contributed by atoms with van der Waals surface area (Å²) in [6.45, 7) is 4.52. The summed E-state index contributed by atoms with van der Waals surface area (Å²) >= 11 is 0. The Labute approximate surface area is 111 Å². The molecule has 0 aliphatic rings. The maximum atomic E-state index is 2.29. The molecular weight excluding hydrogens is 216 g/mol. The molecule has 2 rings (SSSR count). The second-order valence-electron chi connectivity index (χ2n) is 4.81. The minimum atomic E-state index is 1.18. The fourth-order valence-electron chi connectivity index (χ4n) is 2.57. The molecule has 0 bridgehead atoms. The Hall–Kier alpha value is -1.56. The summed E-state index contributed by atoms with van der Waals surface area (Å²) in [5.74, 6) is 0. The Balaban J connectivity index is 2.49. The van der Waals surface area contributed by atoms with Gasteiger partial charge in [0.25, 0.3) is 0 Å². The van der Waals surface area contributed by atoms with Crippen LogP contribution in [0.3, 0.4) is 0 Å². The number of aryl methyl sites for hydroxylation is 1. The van der Waals surface area contributed by atoms with Gasteiger partial charge in [0.1, 0.15) is 0 Å². The van der Waals surface area contributed by atoms with E-state index in [1.54, 1.807) is 5.56 Å². The van der Waals surface area contributed by atoms with E-state index in [1.165, 1.54) is 42.4 Å². The summed E-state index contributed by atoms with van der Waals surface area (Å²) in [5, 5.41) is 0. The van der Waals surface area contributed by atoms with E-state index in [0.29, 0.717) is 0 Å². The van der Waals surface area contributed by atoms with Gasteiger partial charge in [0.15, 0.2) is 0 Å². The minimum Gasteiger partial charge on any atom is -0.0651 e. The van der Waals surface area contributed by atoms with Gasteiger partial charge in [0, 0.05) is 0 Å². The standard InChI is InChI=1S/C18H22/c1-3-9-15-13-8-14-18(17(15)10-4-2)16-11-6-5-7-12-16/h5-8,11-14H,3-4,9-10H2,1-2H3. The molecular formula is C18H22. The average molecular weight is 238 g/mol. The summed E-state index contributed by atoms with van der Waals surface area (Å²) in [7, 11) is 0. The first kappa shape index (κ1) is 12.9.